The second kappa shape index (κ2) is 9.13. The van der Waals surface area contributed by atoms with Gasteiger partial charge in [0.2, 0.25) is 5.91 Å². The van der Waals surface area contributed by atoms with Crippen molar-refractivity contribution in [2.75, 3.05) is 26.2 Å². The first-order valence-corrected chi connectivity index (χ1v) is 10.4. The van der Waals surface area contributed by atoms with Crippen molar-refractivity contribution in [3.8, 4) is 0 Å². The molecule has 3 fully saturated rings. The third-order valence-corrected chi connectivity index (χ3v) is 7.12. The molecule has 0 aromatic heterocycles. The molecule has 3 atom stereocenters. The number of nitrogens with one attached hydrogen (secondary N) is 3. The molecule has 26 heavy (non-hydrogen) atoms. The number of fused-ring (bicyclic) bond motifs is 1. The summed E-state index contributed by atoms with van der Waals surface area (Å²) in [5, 5.41) is 4.77. The van der Waals surface area contributed by atoms with Gasteiger partial charge in [-0.3, -0.25) is 10.2 Å². The Kier molecular flexibility index (Phi) is 7.11. The quantitative estimate of drug-likeness (QED) is 0.705. The average molecular weight is 417 g/mol. The zero-order chi connectivity index (χ0) is 17.2. The van der Waals surface area contributed by atoms with Crippen LogP contribution in [0.4, 0.5) is 0 Å². The first kappa shape index (κ1) is 20.2. The Morgan fingerprint density at radius 1 is 1.12 bits per heavy atom. The van der Waals surface area contributed by atoms with E-state index >= 15 is 0 Å². The number of carbonyl (C=O) groups excluding carboxylic acids is 1. The molecule has 0 saturated carbocycles. The second-order valence-corrected chi connectivity index (χ2v) is 8.94. The minimum atomic E-state index is -0.0849. The normalized spacial score (nSPS) is 29.1. The van der Waals surface area contributed by atoms with E-state index in [4.69, 9.17) is 11.6 Å². The van der Waals surface area contributed by atoms with Crippen molar-refractivity contribution in [2.24, 2.45) is 5.92 Å². The molecule has 4 rings (SSSR count). The first-order valence-electron chi connectivity index (χ1n) is 9.13. The number of carbonyl (C=O) groups is 1. The molecule has 0 spiro atoms. The number of benzene rings is 1. The van der Waals surface area contributed by atoms with Crippen LogP contribution in [0.15, 0.2) is 29.2 Å². The van der Waals surface area contributed by atoms with Gasteiger partial charge in [-0.1, -0.05) is 11.6 Å². The molecule has 1 amide bonds. The van der Waals surface area contributed by atoms with Gasteiger partial charge in [0.05, 0.1) is 0 Å². The highest BCUT2D eigenvalue weighted by Crippen LogP contribution is 2.32. The minimum absolute atomic E-state index is 0. The van der Waals surface area contributed by atoms with E-state index in [0.29, 0.717) is 17.2 Å². The predicted molar refractivity (Wildman–Crippen MR) is 109 cm³/mol. The van der Waals surface area contributed by atoms with E-state index in [1.807, 2.05) is 23.9 Å². The number of nitrogens with zero attached hydrogens (tertiary/aromatic N) is 1. The summed E-state index contributed by atoms with van der Waals surface area (Å²) in [6, 6.07) is 8.38. The number of hydrogen-bond donors (Lipinski definition) is 3. The van der Waals surface area contributed by atoms with Crippen LogP contribution in [0.2, 0.25) is 5.02 Å². The van der Waals surface area contributed by atoms with E-state index in [1.54, 1.807) is 0 Å². The fourth-order valence-corrected chi connectivity index (χ4v) is 5.31. The monoisotopic (exact) mass is 416 g/mol. The number of rotatable bonds is 3. The Bertz CT molecular complexity index is 610. The molecule has 0 bridgehead atoms. The topological polar surface area (TPSA) is 56.4 Å². The van der Waals surface area contributed by atoms with Crippen LogP contribution in [0.3, 0.4) is 0 Å². The summed E-state index contributed by atoms with van der Waals surface area (Å²) in [6.45, 7) is 3.66. The second-order valence-electron chi connectivity index (χ2n) is 7.13. The van der Waals surface area contributed by atoms with Crippen LogP contribution >= 0.6 is 35.8 Å². The van der Waals surface area contributed by atoms with Gasteiger partial charge in [-0.2, -0.15) is 0 Å². The maximum absolute atomic E-state index is 12.9. The maximum Gasteiger partial charge on any atom is 0.241 e. The van der Waals surface area contributed by atoms with Gasteiger partial charge in [-0.25, -0.2) is 5.43 Å². The summed E-state index contributed by atoms with van der Waals surface area (Å²) in [5.41, 5.74) is 6.58. The molecule has 5 nitrogen and oxygen atoms in total. The van der Waals surface area contributed by atoms with E-state index in [0.717, 1.165) is 50.5 Å². The van der Waals surface area contributed by atoms with Crippen LogP contribution in [-0.4, -0.2) is 54.3 Å². The number of hydrazine groups is 1. The Morgan fingerprint density at radius 2 is 1.85 bits per heavy atom. The number of amides is 1. The van der Waals surface area contributed by atoms with Gasteiger partial charge >= 0.3 is 0 Å². The minimum Gasteiger partial charge on any atom is -0.341 e. The highest BCUT2D eigenvalue weighted by Gasteiger charge is 2.43. The number of likely N-dealkylation sites (tertiary alicyclic amines) is 1. The summed E-state index contributed by atoms with van der Waals surface area (Å²) in [7, 11) is 0. The van der Waals surface area contributed by atoms with E-state index < -0.39 is 0 Å². The molecule has 1 aromatic rings. The zero-order valence-corrected chi connectivity index (χ0v) is 17.0. The number of piperidine rings is 2. The molecule has 3 heterocycles. The van der Waals surface area contributed by atoms with Gasteiger partial charge in [-0.05, 0) is 50.1 Å². The molecule has 0 aliphatic carbocycles. The zero-order valence-electron chi connectivity index (χ0n) is 14.6. The van der Waals surface area contributed by atoms with Gasteiger partial charge in [-0.15, -0.1) is 24.2 Å². The van der Waals surface area contributed by atoms with E-state index in [-0.39, 0.29) is 24.4 Å². The molecule has 1 aromatic carbocycles. The Morgan fingerprint density at radius 3 is 2.58 bits per heavy atom. The molecule has 3 aliphatic heterocycles. The lowest BCUT2D eigenvalue weighted by molar-refractivity contribution is -0.135. The number of thioether (sulfide) groups is 1. The van der Waals surface area contributed by atoms with Crippen LogP contribution in [-0.2, 0) is 4.79 Å². The predicted octanol–water partition coefficient (Wildman–Crippen LogP) is 2.30. The molecule has 8 heteroatoms. The molecular formula is C18H26Cl2N4OS. The first-order chi connectivity index (χ1) is 12.2. The van der Waals surface area contributed by atoms with E-state index in [1.165, 1.54) is 4.90 Å². The van der Waals surface area contributed by atoms with Crippen LogP contribution < -0.4 is 16.2 Å². The van der Waals surface area contributed by atoms with E-state index in [2.05, 4.69) is 33.2 Å². The number of hydrogen-bond acceptors (Lipinski definition) is 5. The van der Waals surface area contributed by atoms with E-state index in [9.17, 15) is 4.79 Å². The third-order valence-electron chi connectivity index (χ3n) is 5.52. The molecule has 144 valence electrons. The molecule has 3 saturated heterocycles. The largest absolute Gasteiger partial charge is 0.341 e. The summed E-state index contributed by atoms with van der Waals surface area (Å²) in [6.07, 6.45) is 3.18. The fraction of sp³-hybridized carbons (Fsp3) is 0.611. The van der Waals surface area contributed by atoms with Crippen molar-refractivity contribution in [3.63, 3.8) is 0 Å². The van der Waals surface area contributed by atoms with Crippen LogP contribution in [0.1, 0.15) is 19.3 Å². The van der Waals surface area contributed by atoms with Crippen molar-refractivity contribution in [1.29, 1.82) is 0 Å². The maximum atomic E-state index is 12.9. The Hall–Kier alpha value is -0.500. The van der Waals surface area contributed by atoms with Crippen molar-refractivity contribution in [2.45, 2.75) is 41.5 Å². The van der Waals surface area contributed by atoms with Crippen LogP contribution in [0.5, 0.6) is 0 Å². The van der Waals surface area contributed by atoms with Gasteiger partial charge in [0, 0.05) is 46.8 Å². The summed E-state index contributed by atoms with van der Waals surface area (Å²) < 4.78 is 0. The van der Waals surface area contributed by atoms with Crippen molar-refractivity contribution in [3.05, 3.63) is 29.3 Å². The SMILES string of the molecule is Cl.O=C(C1NNC2CCNCC21)N1CCC(Sc2ccc(Cl)cc2)CC1. The lowest BCUT2D eigenvalue weighted by atomic mass is 9.88. The van der Waals surface area contributed by atoms with Crippen molar-refractivity contribution >= 4 is 41.7 Å². The molecular weight excluding hydrogens is 391 g/mol. The average Bonchev–Trinajstić information content (AvgIpc) is 3.08. The van der Waals surface area contributed by atoms with Gasteiger partial charge < -0.3 is 10.2 Å². The summed E-state index contributed by atoms with van der Waals surface area (Å²) >= 11 is 7.85. The number of halogens is 2. The Labute approximate surface area is 170 Å². The fourth-order valence-electron chi connectivity index (χ4n) is 4.06. The van der Waals surface area contributed by atoms with Gasteiger partial charge in [0.15, 0.2) is 0 Å². The molecule has 3 N–H and O–H groups in total. The van der Waals surface area contributed by atoms with Crippen LogP contribution in [0.25, 0.3) is 0 Å². The lowest BCUT2D eigenvalue weighted by Gasteiger charge is -2.35. The van der Waals surface area contributed by atoms with Crippen molar-refractivity contribution < 1.29 is 4.79 Å². The third kappa shape index (κ3) is 4.49. The summed E-state index contributed by atoms with van der Waals surface area (Å²) in [5.74, 6) is 0.626. The molecule has 3 unspecified atom stereocenters. The summed E-state index contributed by atoms with van der Waals surface area (Å²) in [4.78, 5) is 16.2. The molecule has 3 aliphatic rings. The smallest absolute Gasteiger partial charge is 0.241 e. The lowest BCUT2D eigenvalue weighted by Crippen LogP contribution is -2.52. The Balaban J connectivity index is 0.00000196. The standard InChI is InChI=1S/C18H25ClN4OS.ClH/c19-12-1-3-13(4-2-12)25-14-6-9-23(10-7-14)18(24)17-15-11-20-8-5-16(15)21-22-17;/h1-4,14-17,20-22H,5-11H2;1H. The highest BCUT2D eigenvalue weighted by molar-refractivity contribution is 8.00. The van der Waals surface area contributed by atoms with Gasteiger partial charge in [0.1, 0.15) is 6.04 Å². The van der Waals surface area contributed by atoms with Gasteiger partial charge in [0.25, 0.3) is 0 Å². The van der Waals surface area contributed by atoms with Crippen molar-refractivity contribution in [1.82, 2.24) is 21.1 Å². The van der Waals surface area contributed by atoms with Crippen LogP contribution in [0, 0.1) is 5.92 Å². The molecule has 0 radical (unpaired) electrons. The highest BCUT2D eigenvalue weighted by atomic mass is 35.5.